The lowest BCUT2D eigenvalue weighted by Crippen LogP contribution is -2.28. The Morgan fingerprint density at radius 2 is 1.60 bits per heavy atom. The quantitative estimate of drug-likeness (QED) is 0.686. The molecule has 0 bridgehead atoms. The number of rotatable bonds is 4. The number of ether oxygens (including phenoxy) is 6. The van der Waals surface area contributed by atoms with E-state index in [4.69, 9.17) is 40.6 Å². The molecule has 0 spiro atoms. The first-order chi connectivity index (χ1) is 14.6. The summed E-state index contributed by atoms with van der Waals surface area (Å²) < 4.78 is 34.0. The van der Waals surface area contributed by atoms with E-state index < -0.39 is 0 Å². The molecule has 3 aliphatic rings. The van der Waals surface area contributed by atoms with Crippen molar-refractivity contribution < 1.29 is 28.4 Å². The third-order valence-corrected chi connectivity index (χ3v) is 6.14. The molecule has 8 heteroatoms. The van der Waals surface area contributed by atoms with Crippen molar-refractivity contribution in [3.8, 4) is 28.7 Å². The highest BCUT2D eigenvalue weighted by Crippen LogP contribution is 2.54. The number of thiocarbonyl (C=S) groups is 1. The molecule has 0 saturated carbocycles. The maximum atomic E-state index is 5.79. The Morgan fingerprint density at radius 3 is 2.23 bits per heavy atom. The van der Waals surface area contributed by atoms with Crippen molar-refractivity contribution in [2.24, 2.45) is 0 Å². The predicted molar refractivity (Wildman–Crippen MR) is 114 cm³/mol. The number of anilines is 1. The minimum absolute atomic E-state index is 0.205. The maximum absolute atomic E-state index is 5.79. The number of hydrogen-bond donors (Lipinski definition) is 0. The summed E-state index contributed by atoms with van der Waals surface area (Å²) in [5.74, 6) is 3.10. The average Bonchev–Trinajstić information content (AvgIpc) is 3.39. The molecule has 156 valence electrons. The van der Waals surface area contributed by atoms with Gasteiger partial charge in [0.25, 0.3) is 0 Å². The van der Waals surface area contributed by atoms with Gasteiger partial charge < -0.3 is 33.3 Å². The molecule has 0 fully saturated rings. The summed E-state index contributed by atoms with van der Waals surface area (Å²) in [5.41, 5.74) is 4.80. The first-order valence-electron chi connectivity index (χ1n) is 9.44. The molecule has 2 aromatic carbocycles. The van der Waals surface area contributed by atoms with Crippen LogP contribution in [0.2, 0.25) is 0 Å². The fraction of sp³-hybridized carbons (Fsp3) is 0.318. The van der Waals surface area contributed by atoms with Crippen LogP contribution < -0.4 is 28.6 Å². The second kappa shape index (κ2) is 6.98. The van der Waals surface area contributed by atoms with Gasteiger partial charge in [-0.05, 0) is 23.8 Å². The number of methoxy groups -OCH3 is 3. The maximum Gasteiger partial charge on any atom is 0.231 e. The van der Waals surface area contributed by atoms with Crippen LogP contribution in [0, 0.1) is 0 Å². The zero-order valence-corrected chi connectivity index (χ0v) is 17.9. The van der Waals surface area contributed by atoms with E-state index in [-0.39, 0.29) is 12.7 Å². The summed E-state index contributed by atoms with van der Waals surface area (Å²) in [6.07, 6.45) is 0. The van der Waals surface area contributed by atoms with Crippen LogP contribution in [0.25, 0.3) is 0 Å². The van der Waals surface area contributed by atoms with Crippen molar-refractivity contribution >= 4 is 23.0 Å². The van der Waals surface area contributed by atoms with Crippen LogP contribution in [0.15, 0.2) is 35.5 Å². The van der Waals surface area contributed by atoms with Gasteiger partial charge in [0, 0.05) is 48.0 Å². The van der Waals surface area contributed by atoms with Crippen molar-refractivity contribution in [2.45, 2.75) is 5.92 Å². The molecule has 0 amide bonds. The lowest BCUT2D eigenvalue weighted by Gasteiger charge is -2.35. The highest BCUT2D eigenvalue weighted by Gasteiger charge is 2.42. The van der Waals surface area contributed by atoms with Crippen LogP contribution in [-0.2, 0) is 4.74 Å². The lowest BCUT2D eigenvalue weighted by atomic mass is 9.79. The van der Waals surface area contributed by atoms with Crippen LogP contribution in [0.5, 0.6) is 28.7 Å². The van der Waals surface area contributed by atoms with E-state index in [0.29, 0.717) is 34.7 Å². The van der Waals surface area contributed by atoms with Crippen molar-refractivity contribution in [3.63, 3.8) is 0 Å². The molecular formula is C22H21NO6S. The summed E-state index contributed by atoms with van der Waals surface area (Å²) >= 11 is 5.61. The molecule has 5 rings (SSSR count). The number of nitrogens with zero attached hydrogens (tertiary/aromatic N) is 1. The van der Waals surface area contributed by atoms with E-state index >= 15 is 0 Å². The zero-order chi connectivity index (χ0) is 21.0. The Balaban J connectivity index is 1.82. The number of fused-ring (bicyclic) bond motifs is 2. The Bertz CT molecular complexity index is 1070. The van der Waals surface area contributed by atoms with E-state index in [1.807, 2.05) is 31.3 Å². The lowest BCUT2D eigenvalue weighted by molar-refractivity contribution is 0.174. The van der Waals surface area contributed by atoms with Gasteiger partial charge >= 0.3 is 0 Å². The highest BCUT2D eigenvalue weighted by molar-refractivity contribution is 7.80. The molecule has 0 saturated heterocycles. The summed E-state index contributed by atoms with van der Waals surface area (Å²) in [5, 5.41) is 0.477. The molecule has 0 radical (unpaired) electrons. The molecule has 3 heterocycles. The van der Waals surface area contributed by atoms with Crippen LogP contribution in [0.4, 0.5) is 5.69 Å². The molecule has 0 aliphatic carbocycles. The van der Waals surface area contributed by atoms with E-state index in [0.717, 1.165) is 33.8 Å². The average molecular weight is 427 g/mol. The summed E-state index contributed by atoms with van der Waals surface area (Å²) in [4.78, 5) is 2.10. The van der Waals surface area contributed by atoms with Gasteiger partial charge in [-0.25, -0.2) is 0 Å². The SMILES string of the molecule is COc1cc(OC)c([C@@H]2C3=C(COC3=S)N(C)c3cc4c(cc32)OCO4)c(OC)c1. The summed E-state index contributed by atoms with van der Waals surface area (Å²) in [6, 6.07) is 7.70. The van der Waals surface area contributed by atoms with Gasteiger partial charge in [-0.15, -0.1) is 0 Å². The monoisotopic (exact) mass is 427 g/mol. The first-order valence-corrected chi connectivity index (χ1v) is 9.85. The topological polar surface area (TPSA) is 58.6 Å². The van der Waals surface area contributed by atoms with Gasteiger partial charge in [0.1, 0.15) is 23.9 Å². The van der Waals surface area contributed by atoms with Crippen molar-refractivity contribution in [3.05, 3.63) is 46.7 Å². The Labute approximate surface area is 179 Å². The van der Waals surface area contributed by atoms with Crippen molar-refractivity contribution in [1.82, 2.24) is 0 Å². The fourth-order valence-corrected chi connectivity index (χ4v) is 4.65. The smallest absolute Gasteiger partial charge is 0.231 e. The summed E-state index contributed by atoms with van der Waals surface area (Å²) in [6.45, 7) is 0.617. The normalized spacial score (nSPS) is 18.7. The van der Waals surface area contributed by atoms with E-state index in [9.17, 15) is 0 Å². The summed E-state index contributed by atoms with van der Waals surface area (Å²) in [7, 11) is 6.88. The van der Waals surface area contributed by atoms with Gasteiger partial charge in [0.2, 0.25) is 6.79 Å². The van der Waals surface area contributed by atoms with Crippen LogP contribution in [-0.4, -0.2) is 46.8 Å². The minimum Gasteiger partial charge on any atom is -0.496 e. The van der Waals surface area contributed by atoms with E-state index in [2.05, 4.69) is 4.90 Å². The second-order valence-corrected chi connectivity index (χ2v) is 7.51. The molecule has 1 atom stereocenters. The molecule has 0 N–H and O–H groups in total. The van der Waals surface area contributed by atoms with Crippen LogP contribution in [0.1, 0.15) is 17.0 Å². The standard InChI is InChI=1S/C22H21NO6S/c1-23-13-8-16-15(28-10-29-16)7-12(13)19(20-14(23)9-27-22(20)30)21-17(25-3)5-11(24-2)6-18(21)26-4/h5-8,19H,9-10H2,1-4H3/t19-/m0/s1. The Kier molecular flexibility index (Phi) is 4.39. The largest absolute Gasteiger partial charge is 0.496 e. The highest BCUT2D eigenvalue weighted by atomic mass is 32.1. The third-order valence-electron chi connectivity index (χ3n) is 5.80. The molecule has 2 aromatic rings. The molecular weight excluding hydrogens is 406 g/mol. The Hall–Kier alpha value is -3.13. The van der Waals surface area contributed by atoms with E-state index in [1.54, 1.807) is 21.3 Å². The number of hydrogen-bond acceptors (Lipinski definition) is 8. The number of likely N-dealkylation sites (N-methyl/N-ethyl adjacent to an activating group) is 1. The van der Waals surface area contributed by atoms with Gasteiger partial charge in [0.15, 0.2) is 16.5 Å². The fourth-order valence-electron chi connectivity index (χ4n) is 4.36. The Morgan fingerprint density at radius 1 is 0.933 bits per heavy atom. The van der Waals surface area contributed by atoms with Crippen LogP contribution in [0.3, 0.4) is 0 Å². The molecule has 7 nitrogen and oxygen atoms in total. The van der Waals surface area contributed by atoms with Crippen molar-refractivity contribution in [1.29, 1.82) is 0 Å². The number of benzene rings is 2. The molecule has 0 aromatic heterocycles. The third kappa shape index (κ3) is 2.60. The van der Waals surface area contributed by atoms with E-state index in [1.165, 1.54) is 0 Å². The van der Waals surface area contributed by atoms with Gasteiger partial charge in [0.05, 0.1) is 27.0 Å². The van der Waals surface area contributed by atoms with Crippen molar-refractivity contribution in [2.75, 3.05) is 46.7 Å². The molecule has 30 heavy (non-hydrogen) atoms. The minimum atomic E-state index is -0.258. The predicted octanol–water partition coefficient (Wildman–Crippen LogP) is 3.63. The van der Waals surface area contributed by atoms with Gasteiger partial charge in [-0.1, -0.05) is 0 Å². The first kappa shape index (κ1) is 18.9. The molecule has 3 aliphatic heterocycles. The van der Waals surface area contributed by atoms with Gasteiger partial charge in [-0.2, -0.15) is 0 Å². The zero-order valence-electron chi connectivity index (χ0n) is 17.1. The van der Waals surface area contributed by atoms with Gasteiger partial charge in [-0.3, -0.25) is 0 Å². The molecule has 0 unspecified atom stereocenters. The van der Waals surface area contributed by atoms with Crippen LogP contribution >= 0.6 is 12.2 Å². The second-order valence-electron chi connectivity index (χ2n) is 7.14.